The Kier molecular flexibility index (Phi) is 6.45. The molecule has 2 aromatic carbocycles. The van der Waals surface area contributed by atoms with Crippen LogP contribution in [0.5, 0.6) is 0 Å². The number of nitrogens with zero attached hydrogens (tertiary/aromatic N) is 1. The standard InChI is InChI=1S/C23H28N2O2S/c1-15(2)13-21(26)24-18-11-9-17(10-12-18)23-25(22(27)14-28-23)20-8-6-5-7-19(20)16(3)4/h5-12,15-16,23H,13-14H2,1-4H3,(H,24,26)/t23-/m0/s1. The molecule has 1 aliphatic heterocycles. The minimum atomic E-state index is -0.0483. The Balaban J connectivity index is 1.83. The number of thioether (sulfide) groups is 1. The zero-order chi connectivity index (χ0) is 20.3. The van der Waals surface area contributed by atoms with Crippen LogP contribution in [0.2, 0.25) is 0 Å². The molecule has 28 heavy (non-hydrogen) atoms. The Morgan fingerprint density at radius 3 is 2.43 bits per heavy atom. The van der Waals surface area contributed by atoms with Crippen molar-refractivity contribution >= 4 is 35.0 Å². The van der Waals surface area contributed by atoms with E-state index in [9.17, 15) is 9.59 Å². The Bertz CT molecular complexity index is 846. The van der Waals surface area contributed by atoms with Gasteiger partial charge in [0, 0.05) is 17.8 Å². The highest BCUT2D eigenvalue weighted by Gasteiger charge is 2.35. The maximum atomic E-state index is 12.7. The first-order chi connectivity index (χ1) is 13.4. The maximum Gasteiger partial charge on any atom is 0.238 e. The van der Waals surface area contributed by atoms with Crippen molar-refractivity contribution in [2.45, 2.75) is 45.4 Å². The van der Waals surface area contributed by atoms with Crippen LogP contribution in [0, 0.1) is 5.92 Å². The summed E-state index contributed by atoms with van der Waals surface area (Å²) in [4.78, 5) is 26.6. The van der Waals surface area contributed by atoms with Gasteiger partial charge in [-0.05, 0) is 41.2 Å². The first-order valence-electron chi connectivity index (χ1n) is 9.79. The lowest BCUT2D eigenvalue weighted by Crippen LogP contribution is -2.29. The van der Waals surface area contributed by atoms with Crippen LogP contribution < -0.4 is 10.2 Å². The summed E-state index contributed by atoms with van der Waals surface area (Å²) in [5.41, 5.74) is 4.03. The van der Waals surface area contributed by atoms with E-state index in [0.717, 1.165) is 16.9 Å². The van der Waals surface area contributed by atoms with Crippen LogP contribution in [0.1, 0.15) is 56.5 Å². The van der Waals surface area contributed by atoms with Crippen molar-refractivity contribution in [1.29, 1.82) is 0 Å². The Hall–Kier alpha value is -2.27. The first-order valence-corrected chi connectivity index (χ1v) is 10.8. The number of hydrogen-bond donors (Lipinski definition) is 1. The molecule has 3 rings (SSSR count). The number of nitrogens with one attached hydrogen (secondary N) is 1. The van der Waals surface area contributed by atoms with Crippen molar-refractivity contribution in [3.63, 3.8) is 0 Å². The average Bonchev–Trinajstić information content (AvgIpc) is 3.03. The van der Waals surface area contributed by atoms with Gasteiger partial charge in [0.25, 0.3) is 0 Å². The van der Waals surface area contributed by atoms with E-state index in [2.05, 4.69) is 25.2 Å². The highest BCUT2D eigenvalue weighted by atomic mass is 32.2. The maximum absolute atomic E-state index is 12.7. The van der Waals surface area contributed by atoms with Gasteiger partial charge in [0.2, 0.25) is 11.8 Å². The molecule has 0 spiro atoms. The molecule has 1 saturated heterocycles. The van der Waals surface area contributed by atoms with E-state index in [1.807, 2.05) is 61.2 Å². The summed E-state index contributed by atoms with van der Waals surface area (Å²) in [7, 11) is 0. The molecule has 2 amide bonds. The quantitative estimate of drug-likeness (QED) is 0.694. The number of carbonyl (C=O) groups is 2. The van der Waals surface area contributed by atoms with E-state index in [4.69, 9.17) is 0 Å². The fourth-order valence-electron chi connectivity index (χ4n) is 3.44. The van der Waals surface area contributed by atoms with E-state index in [1.165, 1.54) is 5.56 Å². The van der Waals surface area contributed by atoms with Crippen LogP contribution in [-0.4, -0.2) is 17.6 Å². The van der Waals surface area contributed by atoms with Gasteiger partial charge < -0.3 is 5.32 Å². The van der Waals surface area contributed by atoms with Crippen molar-refractivity contribution in [2.75, 3.05) is 16.0 Å². The highest BCUT2D eigenvalue weighted by molar-refractivity contribution is 8.00. The molecule has 1 atom stereocenters. The normalized spacial score (nSPS) is 16.9. The second kappa shape index (κ2) is 8.82. The van der Waals surface area contributed by atoms with Crippen molar-refractivity contribution < 1.29 is 9.59 Å². The molecule has 148 valence electrons. The molecule has 1 N–H and O–H groups in total. The van der Waals surface area contributed by atoms with Gasteiger partial charge in [-0.25, -0.2) is 0 Å². The van der Waals surface area contributed by atoms with E-state index in [-0.39, 0.29) is 17.2 Å². The molecule has 1 aliphatic rings. The van der Waals surface area contributed by atoms with Gasteiger partial charge in [-0.3, -0.25) is 14.5 Å². The molecule has 1 heterocycles. The van der Waals surface area contributed by atoms with E-state index in [0.29, 0.717) is 24.0 Å². The lowest BCUT2D eigenvalue weighted by Gasteiger charge is -2.27. The summed E-state index contributed by atoms with van der Waals surface area (Å²) in [6.07, 6.45) is 0.508. The number of anilines is 2. The molecular formula is C23H28N2O2S. The second-order valence-corrected chi connectivity index (χ2v) is 8.98. The summed E-state index contributed by atoms with van der Waals surface area (Å²) < 4.78 is 0. The third-order valence-corrected chi connectivity index (χ3v) is 5.97. The third-order valence-electron chi connectivity index (χ3n) is 4.76. The van der Waals surface area contributed by atoms with Crippen LogP contribution in [0.25, 0.3) is 0 Å². The zero-order valence-corrected chi connectivity index (χ0v) is 17.8. The molecule has 0 bridgehead atoms. The SMILES string of the molecule is CC(C)CC(=O)Nc1ccc([C@@H]2SCC(=O)N2c2ccccc2C(C)C)cc1. The van der Waals surface area contributed by atoms with Crippen molar-refractivity contribution in [2.24, 2.45) is 5.92 Å². The summed E-state index contributed by atoms with van der Waals surface area (Å²) in [6.45, 7) is 8.35. The predicted molar refractivity (Wildman–Crippen MR) is 118 cm³/mol. The fourth-order valence-corrected chi connectivity index (χ4v) is 4.61. The predicted octanol–water partition coefficient (Wildman–Crippen LogP) is 5.57. The fraction of sp³-hybridized carbons (Fsp3) is 0.391. The summed E-state index contributed by atoms with van der Waals surface area (Å²) in [5.74, 6) is 1.31. The van der Waals surface area contributed by atoms with Crippen molar-refractivity contribution in [3.8, 4) is 0 Å². The van der Waals surface area contributed by atoms with Crippen LogP contribution in [0.3, 0.4) is 0 Å². The minimum absolute atomic E-state index is 0.0284. The molecule has 0 radical (unpaired) electrons. The summed E-state index contributed by atoms with van der Waals surface area (Å²) in [6, 6.07) is 16.0. The number of carbonyl (C=O) groups excluding carboxylic acids is 2. The topological polar surface area (TPSA) is 49.4 Å². The molecular weight excluding hydrogens is 368 g/mol. The number of rotatable bonds is 6. The summed E-state index contributed by atoms with van der Waals surface area (Å²) in [5, 5.41) is 2.89. The Morgan fingerprint density at radius 1 is 1.11 bits per heavy atom. The van der Waals surface area contributed by atoms with Crippen molar-refractivity contribution in [3.05, 3.63) is 59.7 Å². The van der Waals surface area contributed by atoms with Crippen LogP contribution in [-0.2, 0) is 9.59 Å². The monoisotopic (exact) mass is 396 g/mol. The number of benzene rings is 2. The zero-order valence-electron chi connectivity index (χ0n) is 16.9. The molecule has 1 fully saturated rings. The van der Waals surface area contributed by atoms with Gasteiger partial charge in [-0.15, -0.1) is 11.8 Å². The van der Waals surface area contributed by atoms with Gasteiger partial charge in [0.1, 0.15) is 5.37 Å². The van der Waals surface area contributed by atoms with E-state index in [1.54, 1.807) is 11.8 Å². The smallest absolute Gasteiger partial charge is 0.238 e. The molecule has 0 unspecified atom stereocenters. The molecule has 2 aromatic rings. The lowest BCUT2D eigenvalue weighted by molar-refractivity contribution is -0.117. The van der Waals surface area contributed by atoms with Gasteiger partial charge >= 0.3 is 0 Å². The van der Waals surface area contributed by atoms with Gasteiger partial charge in [0.05, 0.1) is 5.75 Å². The van der Waals surface area contributed by atoms with Crippen LogP contribution in [0.15, 0.2) is 48.5 Å². The molecule has 0 aliphatic carbocycles. The largest absolute Gasteiger partial charge is 0.326 e. The lowest BCUT2D eigenvalue weighted by atomic mass is 10.00. The molecule has 5 heteroatoms. The average molecular weight is 397 g/mol. The number of amides is 2. The molecule has 0 aromatic heterocycles. The van der Waals surface area contributed by atoms with Gasteiger partial charge in [-0.1, -0.05) is 58.0 Å². The van der Waals surface area contributed by atoms with Crippen molar-refractivity contribution in [1.82, 2.24) is 0 Å². The van der Waals surface area contributed by atoms with Gasteiger partial charge in [-0.2, -0.15) is 0 Å². The molecule has 4 nitrogen and oxygen atoms in total. The third kappa shape index (κ3) is 4.58. The minimum Gasteiger partial charge on any atom is -0.326 e. The molecule has 0 saturated carbocycles. The highest BCUT2D eigenvalue weighted by Crippen LogP contribution is 2.44. The van der Waals surface area contributed by atoms with Gasteiger partial charge in [0.15, 0.2) is 0 Å². The second-order valence-electron chi connectivity index (χ2n) is 7.91. The number of hydrogen-bond acceptors (Lipinski definition) is 3. The van der Waals surface area contributed by atoms with Crippen LogP contribution >= 0.6 is 11.8 Å². The van der Waals surface area contributed by atoms with Crippen LogP contribution in [0.4, 0.5) is 11.4 Å². The van der Waals surface area contributed by atoms with E-state index >= 15 is 0 Å². The Morgan fingerprint density at radius 2 is 1.79 bits per heavy atom. The van der Waals surface area contributed by atoms with E-state index < -0.39 is 0 Å². The first kappa shape index (κ1) is 20.5. The Labute approximate surface area is 171 Å². The summed E-state index contributed by atoms with van der Waals surface area (Å²) >= 11 is 1.64. The number of para-hydroxylation sites is 1.